The van der Waals surface area contributed by atoms with E-state index in [9.17, 15) is 13.2 Å². The van der Waals surface area contributed by atoms with E-state index in [-0.39, 0.29) is 23.8 Å². The Bertz CT molecular complexity index is 515. The molecule has 5 nitrogen and oxygen atoms in total. The van der Waals surface area contributed by atoms with Crippen molar-refractivity contribution in [1.82, 2.24) is 10.0 Å². The Morgan fingerprint density at radius 1 is 1.05 bits per heavy atom. The second kappa shape index (κ2) is 9.52. The quantitative estimate of drug-likeness (QED) is 0.649. The summed E-state index contributed by atoms with van der Waals surface area (Å²) < 4.78 is 26.2. The first-order chi connectivity index (χ1) is 10.1. The normalized spacial score (nSPS) is 11.3. The van der Waals surface area contributed by atoms with Gasteiger partial charge in [-0.25, -0.2) is 13.1 Å². The molecular formula is C15H24N2O3S. The molecule has 0 bridgehead atoms. The van der Waals surface area contributed by atoms with Crippen LogP contribution in [0.25, 0.3) is 0 Å². The maximum absolute atomic E-state index is 11.9. The standard InChI is InChI=1S/C15H24N2O3S/c1-2-3-4-8-12-16-15(18)11-13-17-21(19,20)14-9-6-5-7-10-14/h5-7,9-10,17H,2-4,8,11-13H2,1H3,(H,16,18). The molecule has 1 aromatic rings. The molecule has 0 aliphatic heterocycles. The fourth-order valence-electron chi connectivity index (χ4n) is 1.85. The lowest BCUT2D eigenvalue weighted by Crippen LogP contribution is -2.31. The van der Waals surface area contributed by atoms with Crippen molar-refractivity contribution in [3.05, 3.63) is 30.3 Å². The van der Waals surface area contributed by atoms with Gasteiger partial charge in [0, 0.05) is 19.5 Å². The number of unbranched alkanes of at least 4 members (excludes halogenated alkanes) is 3. The highest BCUT2D eigenvalue weighted by atomic mass is 32.2. The van der Waals surface area contributed by atoms with E-state index in [2.05, 4.69) is 17.0 Å². The average Bonchev–Trinajstić information content (AvgIpc) is 2.48. The van der Waals surface area contributed by atoms with E-state index >= 15 is 0 Å². The third-order valence-electron chi connectivity index (χ3n) is 3.05. The Hall–Kier alpha value is -1.40. The topological polar surface area (TPSA) is 75.3 Å². The summed E-state index contributed by atoms with van der Waals surface area (Å²) in [6.07, 6.45) is 4.56. The van der Waals surface area contributed by atoms with E-state index < -0.39 is 10.0 Å². The zero-order valence-corrected chi connectivity index (χ0v) is 13.3. The van der Waals surface area contributed by atoms with Crippen molar-refractivity contribution in [2.75, 3.05) is 13.1 Å². The van der Waals surface area contributed by atoms with Crippen LogP contribution in [0.3, 0.4) is 0 Å². The first-order valence-electron chi connectivity index (χ1n) is 7.37. The molecule has 0 aliphatic carbocycles. The molecule has 1 amide bonds. The summed E-state index contributed by atoms with van der Waals surface area (Å²) >= 11 is 0. The Morgan fingerprint density at radius 3 is 2.43 bits per heavy atom. The highest BCUT2D eigenvalue weighted by Gasteiger charge is 2.13. The van der Waals surface area contributed by atoms with Crippen LogP contribution in [0.15, 0.2) is 35.2 Å². The summed E-state index contributed by atoms with van der Waals surface area (Å²) in [4.78, 5) is 11.8. The maximum atomic E-state index is 11.9. The smallest absolute Gasteiger partial charge is 0.240 e. The van der Waals surface area contributed by atoms with E-state index in [0.717, 1.165) is 19.3 Å². The third-order valence-corrected chi connectivity index (χ3v) is 4.53. The summed E-state index contributed by atoms with van der Waals surface area (Å²) in [5, 5.41) is 2.79. The highest BCUT2D eigenvalue weighted by Crippen LogP contribution is 2.06. The van der Waals surface area contributed by atoms with Gasteiger partial charge in [0.2, 0.25) is 15.9 Å². The average molecular weight is 312 g/mol. The lowest BCUT2D eigenvalue weighted by atomic mass is 10.2. The van der Waals surface area contributed by atoms with E-state index in [1.807, 2.05) is 0 Å². The molecule has 0 saturated carbocycles. The van der Waals surface area contributed by atoms with Gasteiger partial charge >= 0.3 is 0 Å². The molecule has 6 heteroatoms. The molecule has 0 radical (unpaired) electrons. The molecule has 1 aromatic carbocycles. The lowest BCUT2D eigenvalue weighted by Gasteiger charge is -2.07. The molecule has 0 fully saturated rings. The Labute approximate surface area is 127 Å². The number of nitrogens with one attached hydrogen (secondary N) is 2. The number of carbonyl (C=O) groups is 1. The van der Waals surface area contributed by atoms with Crippen molar-refractivity contribution in [3.63, 3.8) is 0 Å². The van der Waals surface area contributed by atoms with Gasteiger partial charge in [0.1, 0.15) is 0 Å². The Kier molecular flexibility index (Phi) is 8.00. The van der Waals surface area contributed by atoms with E-state index in [1.54, 1.807) is 18.2 Å². The van der Waals surface area contributed by atoms with Crippen LogP contribution in [0.4, 0.5) is 0 Å². The van der Waals surface area contributed by atoms with Crippen LogP contribution in [0, 0.1) is 0 Å². The van der Waals surface area contributed by atoms with Crippen LogP contribution in [0.1, 0.15) is 39.0 Å². The largest absolute Gasteiger partial charge is 0.356 e. The van der Waals surface area contributed by atoms with Gasteiger partial charge in [0.05, 0.1) is 4.90 Å². The van der Waals surface area contributed by atoms with Gasteiger partial charge in [-0.05, 0) is 18.6 Å². The number of sulfonamides is 1. The van der Waals surface area contributed by atoms with Gasteiger partial charge < -0.3 is 5.32 Å². The van der Waals surface area contributed by atoms with Gasteiger partial charge in [-0.3, -0.25) is 4.79 Å². The number of hydrogen-bond donors (Lipinski definition) is 2. The molecule has 2 N–H and O–H groups in total. The third kappa shape index (κ3) is 7.24. The highest BCUT2D eigenvalue weighted by molar-refractivity contribution is 7.89. The first-order valence-corrected chi connectivity index (χ1v) is 8.86. The Balaban J connectivity index is 2.22. The molecule has 0 aliphatic rings. The molecule has 0 atom stereocenters. The molecule has 21 heavy (non-hydrogen) atoms. The fourth-order valence-corrected chi connectivity index (χ4v) is 2.90. The van der Waals surface area contributed by atoms with Crippen molar-refractivity contribution in [1.29, 1.82) is 0 Å². The van der Waals surface area contributed by atoms with Gasteiger partial charge in [0.15, 0.2) is 0 Å². The summed E-state index contributed by atoms with van der Waals surface area (Å²) in [6.45, 7) is 2.90. The zero-order chi connectivity index (χ0) is 15.6. The molecule has 1 rings (SSSR count). The Morgan fingerprint density at radius 2 is 1.76 bits per heavy atom. The van der Waals surface area contributed by atoms with Crippen LogP contribution in [0.2, 0.25) is 0 Å². The number of rotatable bonds is 10. The molecular weight excluding hydrogens is 288 g/mol. The van der Waals surface area contributed by atoms with Crippen LogP contribution in [-0.2, 0) is 14.8 Å². The molecule has 118 valence electrons. The molecule has 0 spiro atoms. The second-order valence-corrected chi connectivity index (χ2v) is 6.64. The van der Waals surface area contributed by atoms with Crippen molar-refractivity contribution in [3.8, 4) is 0 Å². The number of hydrogen-bond acceptors (Lipinski definition) is 3. The lowest BCUT2D eigenvalue weighted by molar-refractivity contribution is -0.120. The molecule has 0 unspecified atom stereocenters. The van der Waals surface area contributed by atoms with Crippen molar-refractivity contribution >= 4 is 15.9 Å². The molecule has 0 saturated heterocycles. The van der Waals surface area contributed by atoms with E-state index in [0.29, 0.717) is 6.54 Å². The molecule has 0 heterocycles. The van der Waals surface area contributed by atoms with Crippen molar-refractivity contribution < 1.29 is 13.2 Å². The second-order valence-electron chi connectivity index (χ2n) is 4.87. The predicted molar refractivity (Wildman–Crippen MR) is 83.4 cm³/mol. The van der Waals surface area contributed by atoms with Gasteiger partial charge in [-0.1, -0.05) is 44.4 Å². The predicted octanol–water partition coefficient (Wildman–Crippen LogP) is 2.05. The number of carbonyl (C=O) groups excluding carboxylic acids is 1. The van der Waals surface area contributed by atoms with Gasteiger partial charge in [-0.15, -0.1) is 0 Å². The van der Waals surface area contributed by atoms with Crippen LogP contribution in [-0.4, -0.2) is 27.4 Å². The number of amides is 1. The monoisotopic (exact) mass is 312 g/mol. The summed E-state index contributed by atoms with van der Waals surface area (Å²) in [5.41, 5.74) is 0. The maximum Gasteiger partial charge on any atom is 0.240 e. The van der Waals surface area contributed by atoms with E-state index in [4.69, 9.17) is 0 Å². The van der Waals surface area contributed by atoms with Gasteiger partial charge in [-0.2, -0.15) is 0 Å². The van der Waals surface area contributed by atoms with Crippen molar-refractivity contribution in [2.24, 2.45) is 0 Å². The van der Waals surface area contributed by atoms with E-state index in [1.165, 1.54) is 18.6 Å². The van der Waals surface area contributed by atoms with Gasteiger partial charge in [0.25, 0.3) is 0 Å². The SMILES string of the molecule is CCCCCCNC(=O)CCNS(=O)(=O)c1ccccc1. The summed E-state index contributed by atoms with van der Waals surface area (Å²) in [7, 11) is -3.52. The zero-order valence-electron chi connectivity index (χ0n) is 12.5. The summed E-state index contributed by atoms with van der Waals surface area (Å²) in [6, 6.07) is 8.13. The van der Waals surface area contributed by atoms with Crippen LogP contribution in [0.5, 0.6) is 0 Å². The minimum atomic E-state index is -3.52. The fraction of sp³-hybridized carbons (Fsp3) is 0.533. The first kappa shape index (κ1) is 17.7. The minimum Gasteiger partial charge on any atom is -0.356 e. The minimum absolute atomic E-state index is 0.109. The molecule has 0 aromatic heterocycles. The summed E-state index contributed by atoms with van der Waals surface area (Å²) in [5.74, 6) is -0.123. The van der Waals surface area contributed by atoms with Crippen LogP contribution < -0.4 is 10.0 Å². The van der Waals surface area contributed by atoms with Crippen LogP contribution >= 0.6 is 0 Å². The number of benzene rings is 1. The van der Waals surface area contributed by atoms with Crippen molar-refractivity contribution in [2.45, 2.75) is 43.9 Å².